The van der Waals surface area contributed by atoms with Crippen LogP contribution in [0.2, 0.25) is 10.0 Å². The summed E-state index contributed by atoms with van der Waals surface area (Å²) >= 11 is 12.6. The van der Waals surface area contributed by atoms with Gasteiger partial charge in [0.1, 0.15) is 0 Å². The van der Waals surface area contributed by atoms with Crippen LogP contribution in [-0.2, 0) is 0 Å². The van der Waals surface area contributed by atoms with Crippen LogP contribution in [0, 0.1) is 5.92 Å². The third kappa shape index (κ3) is 5.54. The van der Waals surface area contributed by atoms with Gasteiger partial charge in [-0.2, -0.15) is 0 Å². The molecule has 2 aliphatic heterocycles. The molecular weight excluding hydrogens is 419 g/mol. The van der Waals surface area contributed by atoms with Crippen LogP contribution < -0.4 is 10.2 Å². The minimum absolute atomic E-state index is 0.161. The van der Waals surface area contributed by atoms with Gasteiger partial charge in [0, 0.05) is 45.3 Å². The summed E-state index contributed by atoms with van der Waals surface area (Å²) in [7, 11) is 0. The first-order valence-corrected chi connectivity index (χ1v) is 12.3. The molecule has 0 atom stereocenters. The fourth-order valence-electron chi connectivity index (χ4n) is 5.10. The van der Waals surface area contributed by atoms with Gasteiger partial charge in [-0.05, 0) is 69.5 Å². The summed E-state index contributed by atoms with van der Waals surface area (Å²) in [4.78, 5) is 19.2. The van der Waals surface area contributed by atoms with Crippen molar-refractivity contribution in [2.75, 3.05) is 50.7 Å². The normalized spacial score (nSPS) is 25.5. The fourth-order valence-corrected chi connectivity index (χ4v) is 5.51. The molecule has 0 unspecified atom stereocenters. The zero-order valence-corrected chi connectivity index (χ0v) is 19.3. The number of nitrogens with zero attached hydrogens (tertiary/aromatic N) is 3. The largest absolute Gasteiger partial charge is 0.368 e. The van der Waals surface area contributed by atoms with Crippen molar-refractivity contribution in [1.29, 1.82) is 0 Å². The van der Waals surface area contributed by atoms with Gasteiger partial charge >= 0.3 is 6.03 Å². The number of halogens is 2. The van der Waals surface area contributed by atoms with Crippen LogP contribution >= 0.6 is 23.2 Å². The van der Waals surface area contributed by atoms with Gasteiger partial charge in [0.25, 0.3) is 0 Å². The zero-order valence-electron chi connectivity index (χ0n) is 17.8. The predicted molar refractivity (Wildman–Crippen MR) is 125 cm³/mol. The van der Waals surface area contributed by atoms with Gasteiger partial charge in [0.2, 0.25) is 0 Å². The molecule has 1 aromatic carbocycles. The molecule has 30 heavy (non-hydrogen) atoms. The summed E-state index contributed by atoms with van der Waals surface area (Å²) in [6.07, 6.45) is 8.31. The molecule has 1 aliphatic carbocycles. The number of benzene rings is 1. The lowest BCUT2D eigenvalue weighted by atomic mass is 9.84. The Bertz CT molecular complexity index is 709. The summed E-state index contributed by atoms with van der Waals surface area (Å²) in [6.45, 7) is 7.17. The predicted octanol–water partition coefficient (Wildman–Crippen LogP) is 4.87. The second-order valence-corrected chi connectivity index (χ2v) is 9.84. The van der Waals surface area contributed by atoms with Crippen molar-refractivity contribution in [3.05, 3.63) is 28.2 Å². The molecule has 3 aliphatic rings. The van der Waals surface area contributed by atoms with Gasteiger partial charge < -0.3 is 15.1 Å². The average molecular weight is 453 g/mol. The van der Waals surface area contributed by atoms with E-state index < -0.39 is 0 Å². The Hall–Kier alpha value is -1.17. The SMILES string of the molecule is O=C(NC1CCC(CCN2CCN(c3cccc(Cl)c3Cl)CC2)CC1)N1CCCC1. The van der Waals surface area contributed by atoms with Gasteiger partial charge in [-0.15, -0.1) is 0 Å². The van der Waals surface area contributed by atoms with Crippen molar-refractivity contribution in [3.8, 4) is 0 Å². The molecule has 2 saturated heterocycles. The van der Waals surface area contributed by atoms with Crippen LogP contribution in [0.15, 0.2) is 18.2 Å². The summed E-state index contributed by atoms with van der Waals surface area (Å²) < 4.78 is 0. The average Bonchev–Trinajstić information content (AvgIpc) is 3.31. The minimum Gasteiger partial charge on any atom is -0.368 e. The highest BCUT2D eigenvalue weighted by atomic mass is 35.5. The van der Waals surface area contributed by atoms with E-state index in [0.717, 1.165) is 76.6 Å². The number of likely N-dealkylation sites (tertiary alicyclic amines) is 1. The number of urea groups is 1. The van der Waals surface area contributed by atoms with Crippen LogP contribution in [0.3, 0.4) is 0 Å². The minimum atomic E-state index is 0.161. The van der Waals surface area contributed by atoms with E-state index in [2.05, 4.69) is 21.2 Å². The number of hydrogen-bond donors (Lipinski definition) is 1. The number of piperazine rings is 1. The molecular formula is C23H34Cl2N4O. The standard InChI is InChI=1S/C23H34Cl2N4O/c24-20-4-3-5-21(22(20)25)28-16-14-27(15-17-28)13-10-18-6-8-19(9-7-18)26-23(30)29-11-1-2-12-29/h3-5,18-19H,1-2,6-17H2,(H,26,30). The molecule has 0 radical (unpaired) electrons. The first-order valence-electron chi connectivity index (χ1n) is 11.6. The van der Waals surface area contributed by atoms with Gasteiger partial charge in [0.05, 0.1) is 15.7 Å². The Morgan fingerprint density at radius 3 is 2.37 bits per heavy atom. The van der Waals surface area contributed by atoms with Crippen LogP contribution in [0.25, 0.3) is 0 Å². The van der Waals surface area contributed by atoms with Crippen LogP contribution in [0.4, 0.5) is 10.5 Å². The molecule has 5 nitrogen and oxygen atoms in total. The first kappa shape index (κ1) is 22.0. The molecule has 166 valence electrons. The van der Waals surface area contributed by atoms with E-state index in [-0.39, 0.29) is 6.03 Å². The van der Waals surface area contributed by atoms with Gasteiger partial charge in [-0.3, -0.25) is 4.90 Å². The number of carbonyl (C=O) groups excluding carboxylic acids is 1. The van der Waals surface area contributed by atoms with E-state index >= 15 is 0 Å². The van der Waals surface area contributed by atoms with E-state index in [4.69, 9.17) is 23.2 Å². The summed E-state index contributed by atoms with van der Waals surface area (Å²) in [5.41, 5.74) is 1.05. The van der Waals surface area contributed by atoms with Gasteiger partial charge in [-0.1, -0.05) is 29.3 Å². The number of carbonyl (C=O) groups is 1. The van der Waals surface area contributed by atoms with E-state index in [1.807, 2.05) is 17.0 Å². The Morgan fingerprint density at radius 2 is 1.67 bits per heavy atom. The third-order valence-electron chi connectivity index (χ3n) is 7.07. The molecule has 4 rings (SSSR count). The number of hydrogen-bond acceptors (Lipinski definition) is 3. The molecule has 2 heterocycles. The highest BCUT2D eigenvalue weighted by Gasteiger charge is 2.26. The van der Waals surface area contributed by atoms with Crippen molar-refractivity contribution < 1.29 is 4.79 Å². The van der Waals surface area contributed by atoms with E-state index in [9.17, 15) is 4.79 Å². The number of rotatable bonds is 5. The smallest absolute Gasteiger partial charge is 0.317 e. The molecule has 2 amide bonds. The molecule has 0 aromatic heterocycles. The Labute approximate surface area is 190 Å². The monoisotopic (exact) mass is 452 g/mol. The molecule has 0 spiro atoms. The summed E-state index contributed by atoms with van der Waals surface area (Å²) in [5.74, 6) is 0.797. The lowest BCUT2D eigenvalue weighted by Crippen LogP contribution is -2.47. The number of nitrogens with one attached hydrogen (secondary N) is 1. The number of amides is 2. The highest BCUT2D eigenvalue weighted by molar-refractivity contribution is 6.43. The topological polar surface area (TPSA) is 38.8 Å². The Kier molecular flexibility index (Phi) is 7.66. The molecule has 1 saturated carbocycles. The van der Waals surface area contributed by atoms with Gasteiger partial charge in [-0.25, -0.2) is 4.79 Å². The molecule has 0 bridgehead atoms. The van der Waals surface area contributed by atoms with E-state index in [0.29, 0.717) is 16.1 Å². The van der Waals surface area contributed by atoms with Crippen molar-refractivity contribution in [3.63, 3.8) is 0 Å². The van der Waals surface area contributed by atoms with Gasteiger partial charge in [0.15, 0.2) is 0 Å². The fraction of sp³-hybridized carbons (Fsp3) is 0.696. The van der Waals surface area contributed by atoms with Crippen molar-refractivity contribution in [2.45, 2.75) is 51.0 Å². The van der Waals surface area contributed by atoms with Crippen LogP contribution in [-0.4, -0.2) is 67.7 Å². The molecule has 1 aromatic rings. The van der Waals surface area contributed by atoms with Crippen molar-refractivity contribution >= 4 is 34.9 Å². The lowest BCUT2D eigenvalue weighted by Gasteiger charge is -2.37. The summed E-state index contributed by atoms with van der Waals surface area (Å²) in [5, 5.41) is 4.56. The highest BCUT2D eigenvalue weighted by Crippen LogP contribution is 2.33. The quantitative estimate of drug-likeness (QED) is 0.692. The first-order chi connectivity index (χ1) is 14.6. The van der Waals surface area contributed by atoms with Crippen molar-refractivity contribution in [2.24, 2.45) is 5.92 Å². The Balaban J connectivity index is 1.14. The molecule has 3 fully saturated rings. The second-order valence-electron chi connectivity index (χ2n) is 9.05. The second kappa shape index (κ2) is 10.4. The maximum Gasteiger partial charge on any atom is 0.317 e. The van der Waals surface area contributed by atoms with Crippen LogP contribution in [0.1, 0.15) is 44.9 Å². The lowest BCUT2D eigenvalue weighted by molar-refractivity contribution is 0.189. The third-order valence-corrected chi connectivity index (χ3v) is 7.87. The maximum atomic E-state index is 12.3. The maximum absolute atomic E-state index is 12.3. The molecule has 1 N–H and O–H groups in total. The Morgan fingerprint density at radius 1 is 0.967 bits per heavy atom. The van der Waals surface area contributed by atoms with E-state index in [1.165, 1.54) is 25.8 Å². The molecule has 7 heteroatoms. The number of anilines is 1. The summed E-state index contributed by atoms with van der Waals surface area (Å²) in [6, 6.07) is 6.41. The zero-order chi connectivity index (χ0) is 20.9. The van der Waals surface area contributed by atoms with Crippen molar-refractivity contribution in [1.82, 2.24) is 15.1 Å². The van der Waals surface area contributed by atoms with E-state index in [1.54, 1.807) is 0 Å². The van der Waals surface area contributed by atoms with Crippen LogP contribution in [0.5, 0.6) is 0 Å².